The molecule has 1 aliphatic rings. The largest absolute Gasteiger partial charge is 0.331 e. The highest BCUT2D eigenvalue weighted by Crippen LogP contribution is 2.35. The average molecular weight is 327 g/mol. The number of hydrogen-bond acceptors (Lipinski definition) is 3. The lowest BCUT2D eigenvalue weighted by Gasteiger charge is -2.41. The van der Waals surface area contributed by atoms with Crippen molar-refractivity contribution in [2.75, 3.05) is 6.54 Å². The third-order valence-corrected chi connectivity index (χ3v) is 4.64. The predicted molar refractivity (Wildman–Crippen MR) is 88.5 cm³/mol. The van der Waals surface area contributed by atoms with E-state index in [9.17, 15) is 4.79 Å². The van der Waals surface area contributed by atoms with Crippen LogP contribution in [0.1, 0.15) is 34.1 Å². The number of carbonyl (C=O) groups excluding carboxylic acids is 1. The lowest BCUT2D eigenvalue weighted by Crippen LogP contribution is -2.45. The van der Waals surface area contributed by atoms with Crippen molar-refractivity contribution >= 4 is 28.5 Å². The zero-order valence-electron chi connectivity index (χ0n) is 12.6. The Balaban J connectivity index is 1.62. The van der Waals surface area contributed by atoms with E-state index in [2.05, 4.69) is 15.2 Å². The summed E-state index contributed by atoms with van der Waals surface area (Å²) < 4.78 is 0. The molecule has 1 aliphatic heterocycles. The van der Waals surface area contributed by atoms with Gasteiger partial charge in [-0.1, -0.05) is 23.7 Å². The molecule has 1 saturated heterocycles. The first-order chi connectivity index (χ1) is 11.1. The predicted octanol–water partition coefficient (Wildman–Crippen LogP) is 3.51. The molecule has 1 aromatic carbocycles. The van der Waals surface area contributed by atoms with Gasteiger partial charge >= 0.3 is 0 Å². The van der Waals surface area contributed by atoms with Gasteiger partial charge in [-0.15, -0.1) is 0 Å². The molecule has 4 rings (SSSR count). The summed E-state index contributed by atoms with van der Waals surface area (Å²) in [4.78, 5) is 19.0. The molecular formula is C17H15ClN4O. The molecule has 2 aromatic heterocycles. The molecule has 1 amide bonds. The number of aryl methyl sites for hydroxylation is 1. The van der Waals surface area contributed by atoms with Gasteiger partial charge in [0.15, 0.2) is 5.65 Å². The van der Waals surface area contributed by atoms with Crippen LogP contribution in [0.4, 0.5) is 0 Å². The number of amides is 1. The van der Waals surface area contributed by atoms with E-state index in [0.29, 0.717) is 16.2 Å². The van der Waals surface area contributed by atoms with Crippen molar-refractivity contribution in [2.45, 2.75) is 19.4 Å². The molecule has 1 N–H and O–H groups in total. The van der Waals surface area contributed by atoms with E-state index in [1.54, 1.807) is 6.20 Å². The van der Waals surface area contributed by atoms with Gasteiger partial charge in [-0.05, 0) is 37.1 Å². The van der Waals surface area contributed by atoms with E-state index in [-0.39, 0.29) is 11.9 Å². The van der Waals surface area contributed by atoms with Gasteiger partial charge in [-0.3, -0.25) is 9.89 Å². The Morgan fingerprint density at radius 2 is 2.13 bits per heavy atom. The summed E-state index contributed by atoms with van der Waals surface area (Å²) in [6, 6.07) is 9.66. The Kier molecular flexibility index (Phi) is 3.31. The van der Waals surface area contributed by atoms with Gasteiger partial charge in [0.1, 0.15) is 0 Å². The van der Waals surface area contributed by atoms with Gasteiger partial charge in [0.25, 0.3) is 5.91 Å². The average Bonchev–Trinajstić information content (AvgIpc) is 2.89. The van der Waals surface area contributed by atoms with Gasteiger partial charge in [0.2, 0.25) is 0 Å². The fraction of sp³-hybridized carbons (Fsp3) is 0.235. The number of carbonyl (C=O) groups is 1. The Morgan fingerprint density at radius 3 is 2.83 bits per heavy atom. The molecule has 0 radical (unpaired) electrons. The van der Waals surface area contributed by atoms with E-state index in [0.717, 1.165) is 29.6 Å². The van der Waals surface area contributed by atoms with Gasteiger partial charge in [-0.25, -0.2) is 4.98 Å². The van der Waals surface area contributed by atoms with Crippen molar-refractivity contribution in [3.63, 3.8) is 0 Å². The topological polar surface area (TPSA) is 61.9 Å². The number of rotatable bonds is 2. The van der Waals surface area contributed by atoms with Crippen molar-refractivity contribution in [1.29, 1.82) is 0 Å². The number of nitrogens with zero attached hydrogens (tertiary/aromatic N) is 3. The molecule has 3 aromatic rings. The van der Waals surface area contributed by atoms with E-state index in [4.69, 9.17) is 11.6 Å². The van der Waals surface area contributed by atoms with E-state index < -0.39 is 0 Å². The highest BCUT2D eigenvalue weighted by atomic mass is 35.5. The van der Waals surface area contributed by atoms with Crippen molar-refractivity contribution in [3.8, 4) is 0 Å². The third-order valence-electron chi connectivity index (χ3n) is 4.39. The lowest BCUT2D eigenvalue weighted by atomic mass is 9.94. The van der Waals surface area contributed by atoms with Gasteiger partial charge < -0.3 is 4.90 Å². The molecular weight excluding hydrogens is 312 g/mol. The summed E-state index contributed by atoms with van der Waals surface area (Å²) in [5.74, 6) is 0.00574. The first kappa shape index (κ1) is 14.2. The van der Waals surface area contributed by atoms with Crippen LogP contribution in [0.2, 0.25) is 5.02 Å². The monoisotopic (exact) mass is 326 g/mol. The Morgan fingerprint density at radius 1 is 1.35 bits per heavy atom. The van der Waals surface area contributed by atoms with Crippen LogP contribution >= 0.6 is 11.6 Å². The molecule has 0 aliphatic carbocycles. The first-order valence-corrected chi connectivity index (χ1v) is 7.88. The molecule has 0 unspecified atom stereocenters. The summed E-state index contributed by atoms with van der Waals surface area (Å²) in [7, 11) is 0. The fourth-order valence-electron chi connectivity index (χ4n) is 2.97. The molecule has 6 heteroatoms. The highest BCUT2D eigenvalue weighted by Gasteiger charge is 2.34. The molecule has 1 fully saturated rings. The van der Waals surface area contributed by atoms with Crippen LogP contribution in [-0.2, 0) is 0 Å². The smallest absolute Gasteiger partial charge is 0.255 e. The molecule has 5 nitrogen and oxygen atoms in total. The van der Waals surface area contributed by atoms with E-state index in [1.165, 1.54) is 0 Å². The van der Waals surface area contributed by atoms with Crippen LogP contribution in [0.25, 0.3) is 11.0 Å². The van der Waals surface area contributed by atoms with Gasteiger partial charge in [-0.2, -0.15) is 5.10 Å². The SMILES string of the molecule is Cc1n[nH]c2ncc(C(=O)N3CC[C@@H]3c3ccc(Cl)cc3)cc12. The normalized spacial score (nSPS) is 17.3. The number of hydrogen-bond donors (Lipinski definition) is 1. The zero-order chi connectivity index (χ0) is 16.0. The summed E-state index contributed by atoms with van der Waals surface area (Å²) in [6.45, 7) is 2.66. The van der Waals surface area contributed by atoms with Crippen LogP contribution in [0.15, 0.2) is 36.5 Å². The third kappa shape index (κ3) is 2.37. The van der Waals surface area contributed by atoms with Crippen LogP contribution in [-0.4, -0.2) is 32.5 Å². The van der Waals surface area contributed by atoms with Crippen LogP contribution in [0, 0.1) is 6.92 Å². The van der Waals surface area contributed by atoms with Crippen molar-refractivity contribution in [1.82, 2.24) is 20.1 Å². The Labute approximate surface area is 138 Å². The minimum atomic E-state index is 0.00574. The van der Waals surface area contributed by atoms with Gasteiger partial charge in [0.05, 0.1) is 17.3 Å². The number of fused-ring (bicyclic) bond motifs is 1. The lowest BCUT2D eigenvalue weighted by molar-refractivity contribution is 0.0460. The summed E-state index contributed by atoms with van der Waals surface area (Å²) in [6.07, 6.45) is 2.58. The standard InChI is InChI=1S/C17H15ClN4O/c1-10-14-8-12(9-19-16(14)21-20-10)17(23)22-7-6-15(22)11-2-4-13(18)5-3-11/h2-5,8-9,15H,6-7H2,1H3,(H,19,20,21)/t15-/m1/s1. The number of pyridine rings is 1. The van der Waals surface area contributed by atoms with Crippen LogP contribution in [0.3, 0.4) is 0 Å². The summed E-state index contributed by atoms with van der Waals surface area (Å²) in [5.41, 5.74) is 3.26. The number of aromatic amines is 1. The molecule has 0 saturated carbocycles. The number of benzene rings is 1. The molecule has 0 spiro atoms. The summed E-state index contributed by atoms with van der Waals surface area (Å²) in [5, 5.41) is 8.57. The first-order valence-electron chi connectivity index (χ1n) is 7.50. The maximum absolute atomic E-state index is 12.8. The minimum Gasteiger partial charge on any atom is -0.331 e. The van der Waals surface area contributed by atoms with Crippen molar-refractivity contribution in [2.24, 2.45) is 0 Å². The number of likely N-dealkylation sites (tertiary alicyclic amines) is 1. The number of nitrogens with one attached hydrogen (secondary N) is 1. The Hall–Kier alpha value is -2.40. The van der Waals surface area contributed by atoms with E-state index >= 15 is 0 Å². The minimum absolute atomic E-state index is 0.00574. The van der Waals surface area contributed by atoms with Gasteiger partial charge in [0, 0.05) is 23.2 Å². The molecule has 116 valence electrons. The molecule has 1 atom stereocenters. The van der Waals surface area contributed by atoms with Crippen LogP contribution in [0.5, 0.6) is 0 Å². The fourth-order valence-corrected chi connectivity index (χ4v) is 3.10. The zero-order valence-corrected chi connectivity index (χ0v) is 13.3. The van der Waals surface area contributed by atoms with Crippen molar-refractivity contribution in [3.05, 3.63) is 58.4 Å². The second-order valence-corrected chi connectivity index (χ2v) is 6.22. The second kappa shape index (κ2) is 5.35. The summed E-state index contributed by atoms with van der Waals surface area (Å²) >= 11 is 5.93. The number of aromatic nitrogens is 3. The maximum Gasteiger partial charge on any atom is 0.255 e. The maximum atomic E-state index is 12.8. The second-order valence-electron chi connectivity index (χ2n) is 5.78. The Bertz CT molecular complexity index is 887. The quantitative estimate of drug-likeness (QED) is 0.784. The molecule has 0 bridgehead atoms. The number of halogens is 1. The van der Waals surface area contributed by atoms with E-state index in [1.807, 2.05) is 42.2 Å². The number of H-pyrrole nitrogens is 1. The molecule has 23 heavy (non-hydrogen) atoms. The van der Waals surface area contributed by atoms with Crippen LogP contribution < -0.4 is 0 Å². The highest BCUT2D eigenvalue weighted by molar-refractivity contribution is 6.30. The van der Waals surface area contributed by atoms with Crippen molar-refractivity contribution < 1.29 is 4.79 Å². The molecule has 3 heterocycles.